The summed E-state index contributed by atoms with van der Waals surface area (Å²) in [7, 11) is 0. The molecule has 168 valence electrons. The van der Waals surface area contributed by atoms with Gasteiger partial charge in [0, 0.05) is 18.7 Å². The van der Waals surface area contributed by atoms with Crippen molar-refractivity contribution in [2.45, 2.75) is 19.9 Å². The Kier molecular flexibility index (Phi) is 7.22. The standard InChI is InChI=1S/C21H24N6O4S/c1-14-23-16-12-15(5-6-17(16)27(14)8-3-9-29-13-30-11-7-22)19(28)24-21-26-25-20(32-21)18-4-2-10-31-18/h2,4-6,10,12H,3,7-9,11,13,22H2,1H3,(H,24,26,28). The molecule has 32 heavy (non-hydrogen) atoms. The van der Waals surface area contributed by atoms with E-state index < -0.39 is 0 Å². The second-order valence-electron chi connectivity index (χ2n) is 6.93. The minimum absolute atomic E-state index is 0.247. The topological polar surface area (TPSA) is 130 Å². The highest BCUT2D eigenvalue weighted by molar-refractivity contribution is 7.18. The van der Waals surface area contributed by atoms with E-state index in [4.69, 9.17) is 19.6 Å². The number of rotatable bonds is 11. The number of carbonyl (C=O) groups is 1. The van der Waals surface area contributed by atoms with E-state index in [1.54, 1.807) is 30.5 Å². The molecule has 0 aliphatic rings. The van der Waals surface area contributed by atoms with Crippen molar-refractivity contribution in [1.82, 2.24) is 19.7 Å². The van der Waals surface area contributed by atoms with E-state index in [2.05, 4.69) is 25.1 Å². The summed E-state index contributed by atoms with van der Waals surface area (Å²) in [6.45, 7) is 4.50. The number of aryl methyl sites for hydroxylation is 2. The van der Waals surface area contributed by atoms with Crippen LogP contribution in [0.2, 0.25) is 0 Å². The van der Waals surface area contributed by atoms with Gasteiger partial charge in [0.25, 0.3) is 5.91 Å². The van der Waals surface area contributed by atoms with E-state index in [1.165, 1.54) is 11.3 Å². The number of amides is 1. The highest BCUT2D eigenvalue weighted by atomic mass is 32.1. The van der Waals surface area contributed by atoms with Crippen molar-refractivity contribution in [2.75, 3.05) is 31.9 Å². The maximum absolute atomic E-state index is 12.7. The fourth-order valence-corrected chi connectivity index (χ4v) is 3.91. The van der Waals surface area contributed by atoms with Crippen molar-refractivity contribution in [3.05, 3.63) is 48.0 Å². The summed E-state index contributed by atoms with van der Waals surface area (Å²) < 4.78 is 18.1. The SMILES string of the molecule is Cc1nc2cc(C(=O)Nc3nnc(-c4ccco4)s3)ccc2n1CCCOCOCCN. The summed E-state index contributed by atoms with van der Waals surface area (Å²) in [4.78, 5) is 17.3. The van der Waals surface area contributed by atoms with Crippen LogP contribution in [0.1, 0.15) is 22.6 Å². The maximum Gasteiger partial charge on any atom is 0.257 e. The lowest BCUT2D eigenvalue weighted by Gasteiger charge is -2.08. The third-order valence-corrected chi connectivity index (χ3v) is 5.53. The normalized spacial score (nSPS) is 11.3. The number of hydrogen-bond donors (Lipinski definition) is 2. The van der Waals surface area contributed by atoms with Crippen molar-refractivity contribution < 1.29 is 18.7 Å². The van der Waals surface area contributed by atoms with Gasteiger partial charge in [-0.25, -0.2) is 4.98 Å². The van der Waals surface area contributed by atoms with Crippen molar-refractivity contribution in [3.8, 4) is 10.8 Å². The van der Waals surface area contributed by atoms with Gasteiger partial charge >= 0.3 is 0 Å². The molecule has 0 atom stereocenters. The zero-order valence-electron chi connectivity index (χ0n) is 17.6. The average molecular weight is 457 g/mol. The Labute approximate surface area is 188 Å². The van der Waals surface area contributed by atoms with Crippen molar-refractivity contribution >= 4 is 33.4 Å². The first-order valence-corrected chi connectivity index (χ1v) is 11.0. The molecule has 10 nitrogen and oxygen atoms in total. The van der Waals surface area contributed by atoms with Gasteiger partial charge in [0.15, 0.2) is 10.8 Å². The number of carbonyl (C=O) groups excluding carboxylic acids is 1. The van der Waals surface area contributed by atoms with Crippen LogP contribution < -0.4 is 11.1 Å². The van der Waals surface area contributed by atoms with Crippen molar-refractivity contribution in [2.24, 2.45) is 5.73 Å². The highest BCUT2D eigenvalue weighted by Crippen LogP contribution is 2.27. The van der Waals surface area contributed by atoms with Gasteiger partial charge in [0.05, 0.1) is 30.5 Å². The number of ether oxygens (including phenoxy) is 2. The molecule has 0 saturated carbocycles. The van der Waals surface area contributed by atoms with Gasteiger partial charge in [-0.15, -0.1) is 10.2 Å². The minimum Gasteiger partial charge on any atom is -0.462 e. The fraction of sp³-hybridized carbons (Fsp3) is 0.333. The molecule has 1 aromatic carbocycles. The second kappa shape index (κ2) is 10.5. The van der Waals surface area contributed by atoms with Gasteiger partial charge in [-0.05, 0) is 43.7 Å². The predicted octanol–water partition coefficient (Wildman–Crippen LogP) is 3.05. The van der Waals surface area contributed by atoms with Crippen molar-refractivity contribution in [1.29, 1.82) is 0 Å². The van der Waals surface area contributed by atoms with E-state index in [9.17, 15) is 4.79 Å². The lowest BCUT2D eigenvalue weighted by molar-refractivity contribution is -0.0522. The molecule has 0 aliphatic carbocycles. The molecule has 4 aromatic rings. The minimum atomic E-state index is -0.271. The third-order valence-electron chi connectivity index (χ3n) is 4.68. The van der Waals surface area contributed by atoms with Gasteiger partial charge in [-0.3, -0.25) is 10.1 Å². The summed E-state index contributed by atoms with van der Waals surface area (Å²) in [5.41, 5.74) is 7.59. The van der Waals surface area contributed by atoms with E-state index in [1.807, 2.05) is 13.0 Å². The molecular formula is C21H24N6O4S. The Hall–Kier alpha value is -3.12. The number of hydrogen-bond acceptors (Lipinski definition) is 9. The average Bonchev–Trinajstić information content (AvgIpc) is 3.53. The summed E-state index contributed by atoms with van der Waals surface area (Å²) in [5, 5.41) is 11.8. The lowest BCUT2D eigenvalue weighted by atomic mass is 10.2. The molecular weight excluding hydrogens is 432 g/mol. The number of anilines is 1. The van der Waals surface area contributed by atoms with Crippen LogP contribution in [0, 0.1) is 6.92 Å². The number of nitrogens with one attached hydrogen (secondary N) is 1. The Bertz CT molecular complexity index is 1170. The number of imidazole rings is 1. The van der Waals surface area contributed by atoms with E-state index >= 15 is 0 Å². The van der Waals surface area contributed by atoms with Gasteiger partial charge in [-0.1, -0.05) is 11.3 Å². The predicted molar refractivity (Wildman–Crippen MR) is 120 cm³/mol. The molecule has 11 heteroatoms. The Morgan fingerprint density at radius 1 is 1.25 bits per heavy atom. The zero-order chi connectivity index (χ0) is 22.3. The summed E-state index contributed by atoms with van der Waals surface area (Å²) in [5.74, 6) is 1.22. The number of aromatic nitrogens is 4. The number of nitrogens with two attached hydrogens (primary N) is 1. The number of nitrogens with zero attached hydrogens (tertiary/aromatic N) is 4. The molecule has 0 bridgehead atoms. The molecule has 0 saturated heterocycles. The lowest BCUT2D eigenvalue weighted by Crippen LogP contribution is -2.12. The summed E-state index contributed by atoms with van der Waals surface area (Å²) >= 11 is 1.25. The number of benzene rings is 1. The van der Waals surface area contributed by atoms with Crippen LogP contribution in [0.25, 0.3) is 21.8 Å². The smallest absolute Gasteiger partial charge is 0.257 e. The highest BCUT2D eigenvalue weighted by Gasteiger charge is 2.15. The Balaban J connectivity index is 1.37. The van der Waals surface area contributed by atoms with Crippen LogP contribution in [-0.2, 0) is 16.0 Å². The van der Waals surface area contributed by atoms with E-state index in [0.29, 0.717) is 41.2 Å². The number of fused-ring (bicyclic) bond motifs is 1. The Morgan fingerprint density at radius 3 is 2.94 bits per heavy atom. The van der Waals surface area contributed by atoms with E-state index in [0.717, 1.165) is 29.8 Å². The van der Waals surface area contributed by atoms with E-state index in [-0.39, 0.29) is 12.7 Å². The van der Waals surface area contributed by atoms with Gasteiger partial charge in [0.1, 0.15) is 12.6 Å². The third kappa shape index (κ3) is 5.19. The largest absolute Gasteiger partial charge is 0.462 e. The van der Waals surface area contributed by atoms with Crippen LogP contribution in [0.4, 0.5) is 5.13 Å². The first kappa shape index (κ1) is 22.1. The summed E-state index contributed by atoms with van der Waals surface area (Å²) in [6, 6.07) is 9.03. The molecule has 0 radical (unpaired) electrons. The molecule has 3 N–H and O–H groups in total. The molecule has 4 rings (SSSR count). The van der Waals surface area contributed by atoms with Crippen LogP contribution in [0.15, 0.2) is 41.0 Å². The van der Waals surface area contributed by atoms with Crippen molar-refractivity contribution in [3.63, 3.8) is 0 Å². The maximum atomic E-state index is 12.7. The monoisotopic (exact) mass is 456 g/mol. The summed E-state index contributed by atoms with van der Waals surface area (Å²) in [6.07, 6.45) is 2.38. The molecule has 1 amide bonds. The first-order valence-electron chi connectivity index (χ1n) is 10.2. The quantitative estimate of drug-likeness (QED) is 0.260. The van der Waals surface area contributed by atoms with Crippen LogP contribution in [-0.4, -0.2) is 52.2 Å². The molecule has 0 aliphatic heterocycles. The van der Waals surface area contributed by atoms with Gasteiger partial charge in [-0.2, -0.15) is 0 Å². The van der Waals surface area contributed by atoms with Crippen LogP contribution in [0.3, 0.4) is 0 Å². The Morgan fingerprint density at radius 2 is 2.12 bits per heavy atom. The van der Waals surface area contributed by atoms with Crippen LogP contribution >= 0.6 is 11.3 Å². The van der Waals surface area contributed by atoms with Crippen LogP contribution in [0.5, 0.6) is 0 Å². The molecule has 0 fully saturated rings. The number of furan rings is 1. The second-order valence-corrected chi connectivity index (χ2v) is 7.91. The molecule has 0 unspecified atom stereocenters. The van der Waals surface area contributed by atoms with Gasteiger partial charge in [0.2, 0.25) is 5.13 Å². The zero-order valence-corrected chi connectivity index (χ0v) is 18.4. The first-order chi connectivity index (χ1) is 15.7. The molecule has 3 aromatic heterocycles. The molecule has 0 spiro atoms. The van der Waals surface area contributed by atoms with Gasteiger partial charge < -0.3 is 24.2 Å². The molecule has 3 heterocycles. The fourth-order valence-electron chi connectivity index (χ4n) is 3.20.